The Hall–Kier alpha value is -1.57. The van der Waals surface area contributed by atoms with Crippen LogP contribution in [-0.2, 0) is 14.3 Å². The van der Waals surface area contributed by atoms with Crippen molar-refractivity contribution in [1.29, 1.82) is 5.26 Å². The molecule has 0 aromatic heterocycles. The number of hydrogen-bond acceptors (Lipinski definition) is 4. The summed E-state index contributed by atoms with van der Waals surface area (Å²) >= 11 is 0. The van der Waals surface area contributed by atoms with Gasteiger partial charge in [0.25, 0.3) is 0 Å². The molecule has 0 aromatic carbocycles. The van der Waals surface area contributed by atoms with Gasteiger partial charge in [0.15, 0.2) is 0 Å². The molecule has 1 aliphatic carbocycles. The lowest BCUT2D eigenvalue weighted by molar-refractivity contribution is -0.145. The molecule has 2 aliphatic rings. The fraction of sp³-hybridized carbons (Fsp3) is 0.786. The minimum atomic E-state index is -0.844. The molecule has 0 spiro atoms. The first-order chi connectivity index (χ1) is 9.13. The van der Waals surface area contributed by atoms with Gasteiger partial charge in [-0.1, -0.05) is 19.3 Å². The quantitative estimate of drug-likeness (QED) is 0.708. The Morgan fingerprint density at radius 2 is 2.00 bits per heavy atom. The van der Waals surface area contributed by atoms with Crippen molar-refractivity contribution < 1.29 is 14.3 Å². The smallest absolute Gasteiger partial charge is 0.310 e. The van der Waals surface area contributed by atoms with Crippen molar-refractivity contribution in [3.05, 3.63) is 0 Å². The molecule has 0 aromatic rings. The third kappa shape index (κ3) is 2.58. The van der Waals surface area contributed by atoms with Gasteiger partial charge in [0.05, 0.1) is 19.1 Å². The summed E-state index contributed by atoms with van der Waals surface area (Å²) in [6.45, 7) is 0.955. The number of carbonyl (C=O) groups is 2. The summed E-state index contributed by atoms with van der Waals surface area (Å²) in [5, 5.41) is 9.40. The average molecular weight is 264 g/mol. The third-order valence-corrected chi connectivity index (χ3v) is 4.34. The Labute approximate surface area is 113 Å². The Morgan fingerprint density at radius 3 is 2.58 bits per heavy atom. The zero-order valence-corrected chi connectivity index (χ0v) is 11.4. The molecule has 0 N–H and O–H groups in total. The van der Waals surface area contributed by atoms with Crippen LogP contribution in [0.5, 0.6) is 0 Å². The van der Waals surface area contributed by atoms with Gasteiger partial charge < -0.3 is 9.64 Å². The maximum Gasteiger partial charge on any atom is 0.310 e. The number of esters is 1. The zero-order valence-electron chi connectivity index (χ0n) is 11.4. The van der Waals surface area contributed by atoms with E-state index >= 15 is 0 Å². The highest BCUT2D eigenvalue weighted by molar-refractivity contribution is 5.86. The van der Waals surface area contributed by atoms with Crippen LogP contribution in [0.4, 0.5) is 0 Å². The third-order valence-electron chi connectivity index (χ3n) is 4.34. The summed E-state index contributed by atoms with van der Waals surface area (Å²) in [6.07, 6.45) is 4.92. The molecule has 1 amide bonds. The maximum absolute atomic E-state index is 12.6. The number of methoxy groups -OCH3 is 1. The van der Waals surface area contributed by atoms with Crippen LogP contribution in [0.1, 0.15) is 38.5 Å². The van der Waals surface area contributed by atoms with Crippen molar-refractivity contribution in [2.45, 2.75) is 38.5 Å². The molecular weight excluding hydrogens is 244 g/mol. The zero-order chi connectivity index (χ0) is 13.9. The highest BCUT2D eigenvalue weighted by Crippen LogP contribution is 2.38. The maximum atomic E-state index is 12.6. The summed E-state index contributed by atoms with van der Waals surface area (Å²) in [4.78, 5) is 25.7. The normalized spacial score (nSPS) is 25.7. The molecule has 1 atom stereocenters. The lowest BCUT2D eigenvalue weighted by Crippen LogP contribution is -2.43. The molecule has 1 saturated heterocycles. The second-order valence-corrected chi connectivity index (χ2v) is 5.51. The van der Waals surface area contributed by atoms with Crippen molar-refractivity contribution in [3.8, 4) is 6.07 Å². The fourth-order valence-electron chi connectivity index (χ4n) is 3.14. The number of carbonyl (C=O) groups excluding carboxylic acids is 2. The SMILES string of the molecule is COC(=O)C1CCN(C(=O)C2(C#N)CCCCC2)C1. The van der Waals surface area contributed by atoms with Crippen LogP contribution in [-0.4, -0.2) is 37.0 Å². The second-order valence-electron chi connectivity index (χ2n) is 5.51. The van der Waals surface area contributed by atoms with Gasteiger partial charge in [0, 0.05) is 13.1 Å². The first kappa shape index (κ1) is 13.9. The number of ether oxygens (including phenoxy) is 1. The van der Waals surface area contributed by atoms with Gasteiger partial charge in [0.1, 0.15) is 5.41 Å². The molecule has 2 rings (SSSR count). The fourth-order valence-corrected chi connectivity index (χ4v) is 3.14. The number of amides is 1. The number of likely N-dealkylation sites (tertiary alicyclic amines) is 1. The van der Waals surface area contributed by atoms with Gasteiger partial charge in [-0.15, -0.1) is 0 Å². The Bertz CT molecular complexity index is 407. The van der Waals surface area contributed by atoms with Gasteiger partial charge in [-0.2, -0.15) is 5.26 Å². The van der Waals surface area contributed by atoms with Crippen LogP contribution < -0.4 is 0 Å². The van der Waals surface area contributed by atoms with E-state index in [1.807, 2.05) is 0 Å². The molecule has 5 nitrogen and oxygen atoms in total. The van der Waals surface area contributed by atoms with Gasteiger partial charge in [-0.3, -0.25) is 9.59 Å². The van der Waals surface area contributed by atoms with Gasteiger partial charge >= 0.3 is 5.97 Å². The van der Waals surface area contributed by atoms with Crippen molar-refractivity contribution >= 4 is 11.9 Å². The van der Waals surface area contributed by atoms with E-state index in [1.165, 1.54) is 7.11 Å². The summed E-state index contributed by atoms with van der Waals surface area (Å²) in [5.74, 6) is -0.570. The molecular formula is C14H20N2O3. The summed E-state index contributed by atoms with van der Waals surface area (Å²) in [7, 11) is 1.37. The summed E-state index contributed by atoms with van der Waals surface area (Å²) in [5.41, 5.74) is -0.844. The van der Waals surface area contributed by atoms with Gasteiger partial charge in [0.2, 0.25) is 5.91 Å². The standard InChI is InChI=1S/C14H20N2O3/c1-19-12(17)11-5-8-16(9-11)13(18)14(10-15)6-3-2-4-7-14/h11H,2-9H2,1H3. The Kier molecular flexibility index (Phi) is 4.08. The lowest BCUT2D eigenvalue weighted by Gasteiger charge is -2.33. The second kappa shape index (κ2) is 5.60. The van der Waals surface area contributed by atoms with Crippen molar-refractivity contribution in [2.24, 2.45) is 11.3 Å². The highest BCUT2D eigenvalue weighted by Gasteiger charge is 2.45. The van der Waals surface area contributed by atoms with E-state index in [9.17, 15) is 14.9 Å². The monoisotopic (exact) mass is 264 g/mol. The van der Waals surface area contributed by atoms with Crippen LogP contribution in [0.15, 0.2) is 0 Å². The van der Waals surface area contributed by atoms with Crippen molar-refractivity contribution in [1.82, 2.24) is 4.90 Å². The summed E-state index contributed by atoms with van der Waals surface area (Å²) in [6, 6.07) is 2.24. The molecule has 104 valence electrons. The molecule has 1 saturated carbocycles. The van der Waals surface area contributed by atoms with Crippen LogP contribution in [0.25, 0.3) is 0 Å². The number of hydrogen-bond donors (Lipinski definition) is 0. The van der Waals surface area contributed by atoms with E-state index in [0.717, 1.165) is 19.3 Å². The largest absolute Gasteiger partial charge is 0.469 e. The first-order valence-electron chi connectivity index (χ1n) is 6.91. The Morgan fingerprint density at radius 1 is 1.32 bits per heavy atom. The van der Waals surface area contributed by atoms with Crippen molar-refractivity contribution in [2.75, 3.05) is 20.2 Å². The van der Waals surface area contributed by atoms with Gasteiger partial charge in [-0.05, 0) is 19.3 Å². The van der Waals surface area contributed by atoms with E-state index in [2.05, 4.69) is 6.07 Å². The van der Waals surface area contributed by atoms with Crippen LogP contribution >= 0.6 is 0 Å². The highest BCUT2D eigenvalue weighted by atomic mass is 16.5. The van der Waals surface area contributed by atoms with Crippen LogP contribution in [0.2, 0.25) is 0 Å². The topological polar surface area (TPSA) is 70.4 Å². The molecule has 0 bridgehead atoms. The van der Waals surface area contributed by atoms with E-state index in [4.69, 9.17) is 4.74 Å². The summed E-state index contributed by atoms with van der Waals surface area (Å²) < 4.78 is 4.72. The minimum Gasteiger partial charge on any atom is -0.469 e. The molecule has 1 heterocycles. The van der Waals surface area contributed by atoms with Gasteiger partial charge in [-0.25, -0.2) is 0 Å². The molecule has 19 heavy (non-hydrogen) atoms. The van der Waals surface area contributed by atoms with Crippen molar-refractivity contribution in [3.63, 3.8) is 0 Å². The minimum absolute atomic E-state index is 0.0823. The number of rotatable bonds is 2. The first-order valence-corrected chi connectivity index (χ1v) is 6.91. The predicted octanol–water partition coefficient (Wildman–Crippen LogP) is 1.48. The molecule has 2 fully saturated rings. The molecule has 1 aliphatic heterocycles. The van der Waals surface area contributed by atoms with E-state index in [0.29, 0.717) is 32.4 Å². The average Bonchev–Trinajstić information content (AvgIpc) is 2.96. The predicted molar refractivity (Wildman–Crippen MR) is 67.8 cm³/mol. The molecule has 5 heteroatoms. The molecule has 1 unspecified atom stereocenters. The lowest BCUT2D eigenvalue weighted by atomic mass is 9.74. The Balaban J connectivity index is 2.04. The molecule has 0 radical (unpaired) electrons. The van der Waals surface area contributed by atoms with Crippen LogP contribution in [0.3, 0.4) is 0 Å². The number of nitrogens with zero attached hydrogens (tertiary/aromatic N) is 2. The van der Waals surface area contributed by atoms with Crippen LogP contribution in [0, 0.1) is 22.7 Å². The van der Waals surface area contributed by atoms with E-state index in [-0.39, 0.29) is 17.8 Å². The van der Waals surface area contributed by atoms with E-state index in [1.54, 1.807) is 4.90 Å². The van der Waals surface area contributed by atoms with E-state index < -0.39 is 5.41 Å². The number of nitriles is 1.